The van der Waals surface area contributed by atoms with E-state index in [1.165, 1.54) is 17.7 Å². The third-order valence-electron chi connectivity index (χ3n) is 2.95. The summed E-state index contributed by atoms with van der Waals surface area (Å²) in [5, 5.41) is 11.3. The van der Waals surface area contributed by atoms with E-state index in [-0.39, 0.29) is 11.9 Å². The summed E-state index contributed by atoms with van der Waals surface area (Å²) in [5.41, 5.74) is 1.45. The van der Waals surface area contributed by atoms with E-state index in [0.29, 0.717) is 15.7 Å². The van der Waals surface area contributed by atoms with Crippen LogP contribution in [0.2, 0.25) is 4.34 Å². The zero-order chi connectivity index (χ0) is 14.7. The zero-order valence-electron chi connectivity index (χ0n) is 10.8. The Morgan fingerprint density at radius 1 is 1.33 bits per heavy atom. The van der Waals surface area contributed by atoms with Crippen molar-refractivity contribution in [1.29, 1.82) is 0 Å². The predicted octanol–water partition coefficient (Wildman–Crippen LogP) is 3.04. The lowest BCUT2D eigenvalue weighted by molar-refractivity contribution is 0.0942. The van der Waals surface area contributed by atoms with Crippen molar-refractivity contribution in [2.24, 2.45) is 0 Å². The quantitative estimate of drug-likeness (QED) is 0.776. The summed E-state index contributed by atoms with van der Waals surface area (Å²) in [7, 11) is 0. The van der Waals surface area contributed by atoms with Gasteiger partial charge in [0.2, 0.25) is 0 Å². The number of nitrogens with one attached hydrogen (secondary N) is 2. The molecular formula is C14H11ClN4OS. The molecule has 0 spiro atoms. The predicted molar refractivity (Wildman–Crippen MR) is 81.5 cm³/mol. The first-order valence-electron chi connectivity index (χ1n) is 6.19. The number of carbonyl (C=O) groups is 1. The number of aromatic nitrogens is 3. The third-order valence-corrected chi connectivity index (χ3v) is 4.04. The first kappa shape index (κ1) is 13.8. The number of halogens is 1. The summed E-state index contributed by atoms with van der Waals surface area (Å²) in [6.07, 6.45) is 1.42. The highest BCUT2D eigenvalue weighted by Gasteiger charge is 2.20. The monoisotopic (exact) mass is 318 g/mol. The molecule has 0 fully saturated rings. The molecule has 1 amide bonds. The summed E-state index contributed by atoms with van der Waals surface area (Å²) >= 11 is 7.19. The molecule has 0 aliphatic carbocycles. The van der Waals surface area contributed by atoms with Crippen molar-refractivity contribution in [2.45, 2.75) is 6.04 Å². The van der Waals surface area contributed by atoms with Gasteiger partial charge in [-0.25, -0.2) is 4.98 Å². The van der Waals surface area contributed by atoms with E-state index in [9.17, 15) is 4.79 Å². The van der Waals surface area contributed by atoms with Crippen LogP contribution in [-0.4, -0.2) is 21.1 Å². The minimum Gasteiger partial charge on any atom is -0.338 e. The number of benzene rings is 1. The maximum atomic E-state index is 12.3. The Morgan fingerprint density at radius 3 is 2.76 bits per heavy atom. The fraction of sp³-hybridized carbons (Fsp3) is 0.0714. The van der Waals surface area contributed by atoms with Crippen LogP contribution in [0.4, 0.5) is 0 Å². The summed E-state index contributed by atoms with van der Waals surface area (Å²) in [5.74, 6) is 0.374. The maximum absolute atomic E-state index is 12.3. The molecule has 0 saturated carbocycles. The van der Waals surface area contributed by atoms with E-state index in [1.54, 1.807) is 11.4 Å². The van der Waals surface area contributed by atoms with Crippen LogP contribution in [0.1, 0.15) is 27.8 Å². The molecule has 3 rings (SSSR count). The van der Waals surface area contributed by atoms with Gasteiger partial charge in [-0.3, -0.25) is 9.89 Å². The first-order chi connectivity index (χ1) is 10.2. The number of hydrogen-bond acceptors (Lipinski definition) is 4. The van der Waals surface area contributed by atoms with Gasteiger partial charge >= 0.3 is 0 Å². The van der Waals surface area contributed by atoms with E-state index < -0.39 is 0 Å². The molecular weight excluding hydrogens is 308 g/mol. The second-order valence-electron chi connectivity index (χ2n) is 4.33. The van der Waals surface area contributed by atoms with Crippen LogP contribution in [0.5, 0.6) is 0 Å². The summed E-state index contributed by atoms with van der Waals surface area (Å²) < 4.78 is 0.580. The standard InChI is InChI=1S/C14H11ClN4OS/c15-11-6-10(7-21-11)14(20)18-12(13-16-8-17-19-13)9-4-2-1-3-5-9/h1-8,12H,(H,18,20)(H,16,17,19)/t12-/m1/s1. The van der Waals surface area contributed by atoms with Crippen LogP contribution in [0.25, 0.3) is 0 Å². The normalized spacial score (nSPS) is 12.0. The van der Waals surface area contributed by atoms with Crippen molar-refractivity contribution in [3.8, 4) is 0 Å². The lowest BCUT2D eigenvalue weighted by Crippen LogP contribution is -2.29. The molecule has 21 heavy (non-hydrogen) atoms. The number of nitrogens with zero attached hydrogens (tertiary/aromatic N) is 2. The van der Waals surface area contributed by atoms with Crippen molar-refractivity contribution >= 4 is 28.8 Å². The molecule has 5 nitrogen and oxygen atoms in total. The number of H-pyrrole nitrogens is 1. The van der Waals surface area contributed by atoms with Gasteiger partial charge in [-0.2, -0.15) is 5.10 Å². The number of hydrogen-bond donors (Lipinski definition) is 2. The van der Waals surface area contributed by atoms with E-state index in [4.69, 9.17) is 11.6 Å². The SMILES string of the molecule is O=C(N[C@H](c1ccccc1)c1ncn[nH]1)c1csc(Cl)c1. The van der Waals surface area contributed by atoms with Crippen LogP contribution in [0.15, 0.2) is 48.1 Å². The largest absolute Gasteiger partial charge is 0.338 e. The van der Waals surface area contributed by atoms with Gasteiger partial charge < -0.3 is 5.32 Å². The number of aromatic amines is 1. The van der Waals surface area contributed by atoms with Crippen LogP contribution in [-0.2, 0) is 0 Å². The molecule has 2 aromatic heterocycles. The molecule has 1 aromatic carbocycles. The van der Waals surface area contributed by atoms with Crippen LogP contribution in [0, 0.1) is 0 Å². The van der Waals surface area contributed by atoms with Crippen molar-refractivity contribution in [3.05, 3.63) is 69.4 Å². The minimum absolute atomic E-state index is 0.205. The summed E-state index contributed by atoms with van der Waals surface area (Å²) in [6.45, 7) is 0. The molecule has 0 radical (unpaired) electrons. The van der Waals surface area contributed by atoms with Crippen molar-refractivity contribution < 1.29 is 4.79 Å². The highest BCUT2D eigenvalue weighted by Crippen LogP contribution is 2.22. The Morgan fingerprint density at radius 2 is 2.14 bits per heavy atom. The van der Waals surface area contributed by atoms with E-state index in [1.807, 2.05) is 30.3 Å². The summed E-state index contributed by atoms with van der Waals surface area (Å²) in [6, 6.07) is 10.8. The van der Waals surface area contributed by atoms with Crippen LogP contribution < -0.4 is 5.32 Å². The highest BCUT2D eigenvalue weighted by atomic mass is 35.5. The summed E-state index contributed by atoms with van der Waals surface area (Å²) in [4.78, 5) is 16.5. The molecule has 2 heterocycles. The van der Waals surface area contributed by atoms with Crippen molar-refractivity contribution in [1.82, 2.24) is 20.5 Å². The molecule has 1 atom stereocenters. The van der Waals surface area contributed by atoms with Gasteiger partial charge in [0.05, 0.1) is 9.90 Å². The average molecular weight is 319 g/mol. The molecule has 0 bridgehead atoms. The van der Waals surface area contributed by atoms with Gasteiger partial charge in [0.15, 0.2) is 5.82 Å². The minimum atomic E-state index is -0.389. The Labute approximate surface area is 130 Å². The molecule has 3 aromatic rings. The highest BCUT2D eigenvalue weighted by molar-refractivity contribution is 7.14. The molecule has 0 saturated heterocycles. The lowest BCUT2D eigenvalue weighted by Gasteiger charge is -2.16. The van der Waals surface area contributed by atoms with E-state index in [2.05, 4.69) is 20.5 Å². The zero-order valence-corrected chi connectivity index (χ0v) is 12.4. The second kappa shape index (κ2) is 6.07. The third kappa shape index (κ3) is 3.12. The molecule has 2 N–H and O–H groups in total. The molecule has 0 aliphatic rings. The van der Waals surface area contributed by atoms with E-state index >= 15 is 0 Å². The Hall–Kier alpha value is -2.18. The van der Waals surface area contributed by atoms with Crippen molar-refractivity contribution in [2.75, 3.05) is 0 Å². The van der Waals surface area contributed by atoms with Crippen LogP contribution in [0.3, 0.4) is 0 Å². The van der Waals surface area contributed by atoms with Gasteiger partial charge in [-0.1, -0.05) is 41.9 Å². The first-order valence-corrected chi connectivity index (χ1v) is 7.45. The molecule has 0 aliphatic heterocycles. The van der Waals surface area contributed by atoms with E-state index in [0.717, 1.165) is 5.56 Å². The topological polar surface area (TPSA) is 70.7 Å². The Balaban J connectivity index is 1.88. The Kier molecular flexibility index (Phi) is 3.98. The number of thiophene rings is 1. The number of carbonyl (C=O) groups excluding carboxylic acids is 1. The smallest absolute Gasteiger partial charge is 0.253 e. The lowest BCUT2D eigenvalue weighted by atomic mass is 10.1. The van der Waals surface area contributed by atoms with Gasteiger partial charge in [0, 0.05) is 5.38 Å². The second-order valence-corrected chi connectivity index (χ2v) is 5.87. The van der Waals surface area contributed by atoms with Gasteiger partial charge in [0.25, 0.3) is 5.91 Å². The number of amides is 1. The fourth-order valence-electron chi connectivity index (χ4n) is 1.95. The van der Waals surface area contributed by atoms with Gasteiger partial charge in [-0.15, -0.1) is 11.3 Å². The van der Waals surface area contributed by atoms with Gasteiger partial charge in [-0.05, 0) is 11.6 Å². The number of rotatable bonds is 4. The fourth-order valence-corrected chi connectivity index (χ4v) is 2.81. The average Bonchev–Trinajstić information content (AvgIpc) is 3.17. The molecule has 0 unspecified atom stereocenters. The molecule has 7 heteroatoms. The van der Waals surface area contributed by atoms with Crippen molar-refractivity contribution in [3.63, 3.8) is 0 Å². The Bertz CT molecular complexity index is 727. The van der Waals surface area contributed by atoms with Gasteiger partial charge in [0.1, 0.15) is 12.4 Å². The maximum Gasteiger partial charge on any atom is 0.253 e. The molecule has 106 valence electrons. The van der Waals surface area contributed by atoms with Crippen LogP contribution >= 0.6 is 22.9 Å².